The number of fused-ring (bicyclic) bond motifs is 10. The number of carbonyl (C=O) groups excluding carboxylic acids is 2. The first-order valence-electron chi connectivity index (χ1n) is 27.7. The van der Waals surface area contributed by atoms with Crippen molar-refractivity contribution < 1.29 is 35.9 Å². The fraction of sp³-hybridized carbons (Fsp3) is 0.400. The quantitative estimate of drug-likeness (QED) is 0.137. The van der Waals surface area contributed by atoms with Gasteiger partial charge in [0, 0.05) is 83.4 Å². The Bertz CT molecular complexity index is 3370. The molecule has 2 aliphatic carbocycles. The predicted octanol–water partition coefficient (Wildman–Crippen LogP) is 10.3. The molecule has 2 atom stereocenters. The molecule has 20 heteroatoms. The Labute approximate surface area is 478 Å². The smallest absolute Gasteiger partial charge is 0.264 e. The summed E-state index contributed by atoms with van der Waals surface area (Å²) in [7, 11) is -8.08. The first-order chi connectivity index (χ1) is 38.6. The average Bonchev–Trinajstić information content (AvgIpc) is 4.08. The molecule has 2 unspecified atom stereocenters. The van der Waals surface area contributed by atoms with Crippen LogP contribution in [0.15, 0.2) is 132 Å². The van der Waals surface area contributed by atoms with Crippen molar-refractivity contribution in [3.05, 3.63) is 165 Å². The average molecular weight is 1160 g/mol. The fourth-order valence-electron chi connectivity index (χ4n) is 12.3. The molecule has 16 nitrogen and oxygen atoms in total. The second-order valence-corrected chi connectivity index (χ2v) is 26.3. The number of hydrogen-bond acceptors (Lipinski definition) is 12. The summed E-state index contributed by atoms with van der Waals surface area (Å²) in [6, 6.07) is 21.9. The van der Waals surface area contributed by atoms with Gasteiger partial charge < -0.3 is 19.3 Å². The van der Waals surface area contributed by atoms with Crippen LogP contribution in [0.2, 0.25) is 10.0 Å². The largest absolute Gasteiger partial charge is 0.490 e. The maximum Gasteiger partial charge on any atom is 0.264 e. The Morgan fingerprint density at radius 2 is 0.975 bits per heavy atom. The number of halogens is 2. The van der Waals surface area contributed by atoms with Gasteiger partial charge >= 0.3 is 0 Å². The Morgan fingerprint density at radius 3 is 1.43 bits per heavy atom. The number of ether oxygens (including phenoxy) is 2. The second-order valence-electron chi connectivity index (χ2n) is 22.1. The number of hydrogen-bond donors (Lipinski definition) is 2. The third-order valence-electron chi connectivity index (χ3n) is 16.2. The van der Waals surface area contributed by atoms with E-state index in [1.807, 2.05) is 46.3 Å². The van der Waals surface area contributed by atoms with E-state index < -0.39 is 31.9 Å². The number of nitrogens with one attached hydrogen (secondary N) is 2. The normalized spacial score (nSPS) is 23.6. The molecule has 0 saturated carbocycles. The van der Waals surface area contributed by atoms with Crippen LogP contribution in [0, 0.1) is 0 Å². The molecule has 6 heterocycles. The first kappa shape index (κ1) is 55.3. The van der Waals surface area contributed by atoms with Crippen molar-refractivity contribution in [1.29, 1.82) is 0 Å². The van der Waals surface area contributed by atoms with Crippen molar-refractivity contribution in [1.82, 2.24) is 29.0 Å². The number of amides is 2. The molecule has 2 spiro atoms. The molecule has 4 aromatic carbocycles. The summed E-state index contributed by atoms with van der Waals surface area (Å²) >= 11 is 12.7. The summed E-state index contributed by atoms with van der Waals surface area (Å²) in [5.74, 6) is 0.250. The molecule has 12 rings (SSSR count). The Hall–Kier alpha value is -6.60. The summed E-state index contributed by atoms with van der Waals surface area (Å²) in [5, 5.41) is 10.6. The highest BCUT2D eigenvalue weighted by atomic mass is 35.5. The Kier molecular flexibility index (Phi) is 16.2. The van der Waals surface area contributed by atoms with E-state index in [0.29, 0.717) is 88.2 Å². The van der Waals surface area contributed by atoms with Crippen LogP contribution in [0.1, 0.15) is 110 Å². The summed E-state index contributed by atoms with van der Waals surface area (Å²) in [4.78, 5) is 29.5. The van der Waals surface area contributed by atoms with Gasteiger partial charge in [-0.25, -0.2) is 26.3 Å². The van der Waals surface area contributed by atoms with Crippen LogP contribution < -0.4 is 28.7 Å². The van der Waals surface area contributed by atoms with Gasteiger partial charge in [-0.1, -0.05) is 59.6 Å². The lowest BCUT2D eigenvalue weighted by Gasteiger charge is -2.40. The van der Waals surface area contributed by atoms with Gasteiger partial charge in [0.25, 0.3) is 20.0 Å². The minimum absolute atomic E-state index is 0.0414. The Balaban J connectivity index is 0.000000169. The zero-order chi connectivity index (χ0) is 55.5. The van der Waals surface area contributed by atoms with Gasteiger partial charge in [-0.05, 0) is 160 Å². The molecule has 8 bridgehead atoms. The highest BCUT2D eigenvalue weighted by Gasteiger charge is 2.44. The minimum Gasteiger partial charge on any atom is -0.490 e. The number of rotatable bonds is 0. The molecular formula is C60H66Cl2N8O8S2. The number of anilines is 2. The number of nitrogens with zero attached hydrogens (tertiary/aromatic N) is 6. The molecule has 0 saturated heterocycles. The van der Waals surface area contributed by atoms with Crippen molar-refractivity contribution in [2.45, 2.75) is 137 Å². The standard InChI is InChI=1S/2C30H33ClN4O4S/c2*31-24-9-11-26-23(15-24)7-6-13-30(26)20-34-18-22-17-32-35(19-22)14-5-3-1-2-4-8-29(36)33-40(37,38)25-10-12-28(39-21-30)27(34)16-25/h2*3,5,9-12,15-17,19H,1-2,4,6-8,13-14,18,20-21H2,(H,33,36)/b5-3+;5-3-. The van der Waals surface area contributed by atoms with Crippen LogP contribution in [-0.4, -0.2) is 74.5 Å². The first-order valence-corrected chi connectivity index (χ1v) is 31.4. The van der Waals surface area contributed by atoms with Crippen LogP contribution >= 0.6 is 23.2 Å². The number of benzene rings is 4. The van der Waals surface area contributed by atoms with Gasteiger partial charge in [-0.15, -0.1) is 0 Å². The number of sulfonamides is 2. The zero-order valence-electron chi connectivity index (χ0n) is 44.6. The van der Waals surface area contributed by atoms with Crippen LogP contribution in [-0.2, 0) is 79.5 Å². The molecule has 2 amide bonds. The summed E-state index contributed by atoms with van der Waals surface area (Å²) < 4.78 is 74.2. The van der Waals surface area contributed by atoms with Crippen LogP contribution in [0.4, 0.5) is 11.4 Å². The molecule has 6 aromatic rings. The van der Waals surface area contributed by atoms with Gasteiger partial charge in [-0.2, -0.15) is 10.2 Å². The van der Waals surface area contributed by atoms with E-state index in [9.17, 15) is 26.4 Å². The highest BCUT2D eigenvalue weighted by molar-refractivity contribution is 7.90. The third-order valence-corrected chi connectivity index (χ3v) is 19.4. The van der Waals surface area contributed by atoms with Gasteiger partial charge in [0.2, 0.25) is 11.8 Å². The van der Waals surface area contributed by atoms with E-state index in [4.69, 9.17) is 32.7 Å². The van der Waals surface area contributed by atoms with E-state index in [1.54, 1.807) is 24.3 Å². The lowest BCUT2D eigenvalue weighted by molar-refractivity contribution is -0.120. The van der Waals surface area contributed by atoms with Crippen molar-refractivity contribution in [2.24, 2.45) is 0 Å². The molecule has 80 heavy (non-hydrogen) atoms. The van der Waals surface area contributed by atoms with Crippen molar-refractivity contribution in [3.63, 3.8) is 0 Å². The number of allylic oxidation sites excluding steroid dienone is 4. The summed E-state index contributed by atoms with van der Waals surface area (Å²) in [6.45, 7) is 4.60. The van der Waals surface area contributed by atoms with Gasteiger partial charge in [-0.3, -0.25) is 19.0 Å². The third kappa shape index (κ3) is 12.3. The van der Waals surface area contributed by atoms with Crippen LogP contribution in [0.25, 0.3) is 0 Å². The molecule has 6 aliphatic rings. The molecule has 0 radical (unpaired) electrons. The van der Waals surface area contributed by atoms with E-state index in [1.165, 1.54) is 34.4 Å². The lowest BCUT2D eigenvalue weighted by Crippen LogP contribution is -2.45. The summed E-state index contributed by atoms with van der Waals surface area (Å²) in [6.07, 6.45) is 26.7. The number of aromatic nitrogens is 4. The minimum atomic E-state index is -4.04. The molecule has 4 aliphatic heterocycles. The fourth-order valence-corrected chi connectivity index (χ4v) is 14.8. The number of aryl methyl sites for hydroxylation is 2. The maximum atomic E-state index is 13.2. The molecule has 0 fully saturated rings. The van der Waals surface area contributed by atoms with E-state index in [2.05, 4.69) is 78.0 Å². The predicted molar refractivity (Wildman–Crippen MR) is 308 cm³/mol. The highest BCUT2D eigenvalue weighted by Crippen LogP contribution is 2.47. The van der Waals surface area contributed by atoms with E-state index in [-0.39, 0.29) is 33.5 Å². The van der Waals surface area contributed by atoms with Crippen molar-refractivity contribution in [2.75, 3.05) is 36.1 Å². The van der Waals surface area contributed by atoms with Crippen LogP contribution in [0.5, 0.6) is 11.5 Å². The van der Waals surface area contributed by atoms with Crippen molar-refractivity contribution >= 4 is 66.4 Å². The lowest BCUT2D eigenvalue weighted by atomic mass is 9.70. The SMILES string of the molecule is O=C1CCCC/C=C/Cn2cc(cn2)CN2CC3(CCCc4cc(Cl)ccc43)COc3ccc(cc32)S(=O)(=O)N1.O=C1CCCC/C=C\Cn2cc(cn2)CN2CC3(CCCc4cc(Cl)ccc43)COc3ccc(cc32)S(=O)(=O)N1. The summed E-state index contributed by atoms with van der Waals surface area (Å²) in [5.41, 5.74) is 7.76. The molecule has 2 aromatic heterocycles. The van der Waals surface area contributed by atoms with Crippen molar-refractivity contribution in [3.8, 4) is 11.5 Å². The molecule has 2 N–H and O–H groups in total. The van der Waals surface area contributed by atoms with Gasteiger partial charge in [0.15, 0.2) is 0 Å². The number of carbonyl (C=O) groups is 2. The van der Waals surface area contributed by atoms with Crippen LogP contribution in [0.3, 0.4) is 0 Å². The van der Waals surface area contributed by atoms with E-state index >= 15 is 0 Å². The topological polar surface area (TPSA) is 187 Å². The monoisotopic (exact) mass is 1160 g/mol. The Morgan fingerprint density at radius 1 is 0.525 bits per heavy atom. The molecule has 420 valence electrons. The molecular weight excluding hydrogens is 1100 g/mol. The second kappa shape index (κ2) is 23.5. The van der Waals surface area contributed by atoms with Gasteiger partial charge in [0.05, 0.1) is 59.9 Å². The zero-order valence-corrected chi connectivity index (χ0v) is 47.8. The van der Waals surface area contributed by atoms with Gasteiger partial charge in [0.1, 0.15) is 11.5 Å². The maximum absolute atomic E-state index is 13.2. The van der Waals surface area contributed by atoms with E-state index in [0.717, 1.165) is 85.4 Å².